The predicted octanol–water partition coefficient (Wildman–Crippen LogP) is 5.43. The van der Waals surface area contributed by atoms with E-state index in [0.29, 0.717) is 18.0 Å². The first-order chi connectivity index (χ1) is 15.3. The number of anilines is 1. The molecule has 0 spiro atoms. The zero-order valence-corrected chi connectivity index (χ0v) is 18.5. The molecule has 3 aromatic carbocycles. The van der Waals surface area contributed by atoms with Gasteiger partial charge in [-0.2, -0.15) is 0 Å². The van der Waals surface area contributed by atoms with Gasteiger partial charge in [0.2, 0.25) is 0 Å². The van der Waals surface area contributed by atoms with Gasteiger partial charge in [0.25, 0.3) is 0 Å². The monoisotopic (exact) mass is 412 g/mol. The Morgan fingerprint density at radius 3 is 1.87 bits per heavy atom. The van der Waals surface area contributed by atoms with E-state index in [1.807, 2.05) is 0 Å². The lowest BCUT2D eigenvalue weighted by Gasteiger charge is -2.56. The van der Waals surface area contributed by atoms with E-state index in [9.17, 15) is 0 Å². The molecule has 3 fully saturated rings. The molecule has 6 rings (SSSR count). The highest BCUT2D eigenvalue weighted by atomic mass is 16.5. The molecule has 3 nitrogen and oxygen atoms in total. The van der Waals surface area contributed by atoms with Crippen molar-refractivity contribution in [3.8, 4) is 5.75 Å². The molecule has 0 radical (unpaired) electrons. The first-order valence-corrected chi connectivity index (χ1v) is 11.5. The molecule has 3 heterocycles. The maximum atomic E-state index is 5.39. The summed E-state index contributed by atoms with van der Waals surface area (Å²) < 4.78 is 5.39. The molecule has 3 aliphatic heterocycles. The highest BCUT2D eigenvalue weighted by molar-refractivity contribution is 5.51. The minimum Gasteiger partial charge on any atom is -0.497 e. The Hall–Kier alpha value is -2.78. The molecule has 0 N–H and O–H groups in total. The Labute approximate surface area is 186 Å². The van der Waals surface area contributed by atoms with Gasteiger partial charge < -0.3 is 9.64 Å². The molecule has 0 aromatic heterocycles. The summed E-state index contributed by atoms with van der Waals surface area (Å²) in [5, 5.41) is 0. The van der Waals surface area contributed by atoms with Crippen LogP contribution in [0.3, 0.4) is 0 Å². The van der Waals surface area contributed by atoms with Crippen molar-refractivity contribution in [1.29, 1.82) is 0 Å². The number of hydrogen-bond donors (Lipinski definition) is 0. The van der Waals surface area contributed by atoms with Crippen LogP contribution >= 0.6 is 0 Å². The minimum absolute atomic E-state index is 0.358. The fourth-order valence-electron chi connectivity index (χ4n) is 5.90. The summed E-state index contributed by atoms with van der Waals surface area (Å²) in [5.74, 6) is 1.99. The van der Waals surface area contributed by atoms with Crippen molar-refractivity contribution in [2.24, 2.45) is 5.92 Å². The van der Waals surface area contributed by atoms with Crippen molar-refractivity contribution in [2.45, 2.75) is 30.8 Å². The van der Waals surface area contributed by atoms with Crippen molar-refractivity contribution < 1.29 is 4.74 Å². The van der Waals surface area contributed by atoms with E-state index < -0.39 is 0 Å². The summed E-state index contributed by atoms with van der Waals surface area (Å²) in [6.45, 7) is 2.41. The molecule has 3 aromatic rings. The summed E-state index contributed by atoms with van der Waals surface area (Å²) >= 11 is 0. The van der Waals surface area contributed by atoms with E-state index in [4.69, 9.17) is 4.74 Å². The van der Waals surface area contributed by atoms with Gasteiger partial charge in [0, 0.05) is 30.7 Å². The van der Waals surface area contributed by atoms with Gasteiger partial charge in [-0.25, -0.2) is 0 Å². The van der Waals surface area contributed by atoms with Crippen LogP contribution in [-0.4, -0.2) is 44.2 Å². The van der Waals surface area contributed by atoms with Gasteiger partial charge in [0.1, 0.15) is 5.75 Å². The summed E-state index contributed by atoms with van der Waals surface area (Å²) in [6, 6.07) is 31.7. The summed E-state index contributed by atoms with van der Waals surface area (Å²) in [4.78, 5) is 5.30. The van der Waals surface area contributed by atoms with Crippen LogP contribution in [0.25, 0.3) is 0 Å². The largest absolute Gasteiger partial charge is 0.497 e. The topological polar surface area (TPSA) is 15.7 Å². The number of fused-ring (bicyclic) bond motifs is 3. The molecule has 3 aliphatic rings. The minimum atomic E-state index is 0.358. The second kappa shape index (κ2) is 8.76. The number of likely N-dealkylation sites (N-methyl/N-ethyl adjacent to an activating group) is 1. The summed E-state index contributed by atoms with van der Waals surface area (Å²) in [6.07, 6.45) is 2.58. The van der Waals surface area contributed by atoms with E-state index in [1.54, 1.807) is 7.11 Å². The van der Waals surface area contributed by atoms with Crippen LogP contribution in [0, 0.1) is 5.92 Å². The SMILES string of the molecule is COc1ccc(N(C)[C@@H]2C3CCN(CC3)[C@@H]2C(c2ccccc2)c2ccccc2)cc1. The molecule has 0 unspecified atom stereocenters. The van der Waals surface area contributed by atoms with Crippen LogP contribution in [0.2, 0.25) is 0 Å². The zero-order valence-electron chi connectivity index (χ0n) is 18.5. The number of rotatable bonds is 6. The van der Waals surface area contributed by atoms with Crippen LogP contribution < -0.4 is 9.64 Å². The third-order valence-corrected chi connectivity index (χ3v) is 7.41. The number of benzene rings is 3. The van der Waals surface area contributed by atoms with Gasteiger partial charge in [-0.05, 0) is 67.2 Å². The molecule has 0 aliphatic carbocycles. The zero-order chi connectivity index (χ0) is 21.2. The van der Waals surface area contributed by atoms with Crippen LogP contribution in [0.5, 0.6) is 5.75 Å². The average molecular weight is 413 g/mol. The lowest BCUT2D eigenvalue weighted by molar-refractivity contribution is 0.0186. The Bertz CT molecular complexity index is 925. The second-order valence-corrected chi connectivity index (χ2v) is 8.96. The van der Waals surface area contributed by atoms with Crippen LogP contribution in [0.1, 0.15) is 29.9 Å². The van der Waals surface area contributed by atoms with Crippen molar-refractivity contribution >= 4 is 5.69 Å². The lowest BCUT2D eigenvalue weighted by Crippen LogP contribution is -2.65. The fourth-order valence-corrected chi connectivity index (χ4v) is 5.90. The average Bonchev–Trinajstić information content (AvgIpc) is 2.86. The molecule has 3 heteroatoms. The second-order valence-electron chi connectivity index (χ2n) is 8.96. The molecule has 0 saturated carbocycles. The molecule has 31 heavy (non-hydrogen) atoms. The van der Waals surface area contributed by atoms with Crippen molar-refractivity contribution in [1.82, 2.24) is 4.90 Å². The molecule has 2 bridgehead atoms. The molecular formula is C28H32N2O. The summed E-state index contributed by atoms with van der Waals surface area (Å²) in [7, 11) is 4.01. The van der Waals surface area contributed by atoms with Gasteiger partial charge in [-0.15, -0.1) is 0 Å². The Balaban J connectivity index is 1.57. The third-order valence-electron chi connectivity index (χ3n) is 7.41. The van der Waals surface area contributed by atoms with Crippen LogP contribution in [0.4, 0.5) is 5.69 Å². The maximum Gasteiger partial charge on any atom is 0.119 e. The van der Waals surface area contributed by atoms with Crippen molar-refractivity contribution in [2.75, 3.05) is 32.1 Å². The lowest BCUT2D eigenvalue weighted by atomic mass is 9.70. The molecule has 2 atom stereocenters. The number of nitrogens with zero attached hydrogens (tertiary/aromatic N) is 2. The number of hydrogen-bond acceptors (Lipinski definition) is 3. The highest BCUT2D eigenvalue weighted by Gasteiger charge is 2.48. The van der Waals surface area contributed by atoms with E-state index in [1.165, 1.54) is 42.7 Å². The number of ether oxygens (including phenoxy) is 1. The van der Waals surface area contributed by atoms with Crippen molar-refractivity contribution in [3.05, 3.63) is 96.1 Å². The standard InChI is InChI=1S/C28H32N2O/c1-29(24-13-15-25(31-2)16-14-24)27-23-17-19-30(20-18-23)28(27)26(21-9-5-3-6-10-21)22-11-7-4-8-12-22/h3-16,23,26-28H,17-20H2,1-2H3/t27-,28-/m1/s1. The van der Waals surface area contributed by atoms with E-state index in [2.05, 4.69) is 102 Å². The Kier molecular flexibility index (Phi) is 5.69. The Morgan fingerprint density at radius 2 is 1.35 bits per heavy atom. The van der Waals surface area contributed by atoms with E-state index in [-0.39, 0.29) is 0 Å². The molecule has 160 valence electrons. The predicted molar refractivity (Wildman–Crippen MR) is 128 cm³/mol. The molecule has 3 saturated heterocycles. The maximum absolute atomic E-state index is 5.39. The fraction of sp³-hybridized carbons (Fsp3) is 0.357. The number of piperidine rings is 3. The molecule has 0 amide bonds. The Morgan fingerprint density at radius 1 is 0.806 bits per heavy atom. The van der Waals surface area contributed by atoms with Crippen molar-refractivity contribution in [3.63, 3.8) is 0 Å². The van der Waals surface area contributed by atoms with E-state index >= 15 is 0 Å². The van der Waals surface area contributed by atoms with Gasteiger partial charge in [0.05, 0.1) is 7.11 Å². The first kappa shape index (κ1) is 20.1. The smallest absolute Gasteiger partial charge is 0.119 e. The quantitative estimate of drug-likeness (QED) is 0.537. The van der Waals surface area contributed by atoms with E-state index in [0.717, 1.165) is 11.7 Å². The van der Waals surface area contributed by atoms with Gasteiger partial charge in [-0.1, -0.05) is 60.7 Å². The number of methoxy groups -OCH3 is 1. The van der Waals surface area contributed by atoms with Gasteiger partial charge in [0.15, 0.2) is 0 Å². The van der Waals surface area contributed by atoms with Gasteiger partial charge >= 0.3 is 0 Å². The summed E-state index contributed by atoms with van der Waals surface area (Å²) in [5.41, 5.74) is 4.10. The molecular weight excluding hydrogens is 380 g/mol. The van der Waals surface area contributed by atoms with Crippen LogP contribution in [0.15, 0.2) is 84.9 Å². The first-order valence-electron chi connectivity index (χ1n) is 11.5. The third kappa shape index (κ3) is 3.83. The van der Waals surface area contributed by atoms with Crippen LogP contribution in [-0.2, 0) is 0 Å². The van der Waals surface area contributed by atoms with Gasteiger partial charge in [-0.3, -0.25) is 4.90 Å². The normalized spacial score (nSPS) is 24.9. The highest BCUT2D eigenvalue weighted by Crippen LogP contribution is 2.44.